The van der Waals surface area contributed by atoms with E-state index < -0.39 is 0 Å². The topological polar surface area (TPSA) is 12.9 Å². The maximum Gasteiger partial charge on any atom is 0.149 e. The van der Waals surface area contributed by atoms with Gasteiger partial charge in [0.25, 0.3) is 0 Å². The van der Waals surface area contributed by atoms with Crippen molar-refractivity contribution in [2.24, 2.45) is 0 Å². The number of pyridine rings is 1. The predicted molar refractivity (Wildman–Crippen MR) is 48.7 cm³/mol. The van der Waals surface area contributed by atoms with E-state index in [0.29, 0.717) is 11.6 Å². The van der Waals surface area contributed by atoms with Crippen molar-refractivity contribution >= 4 is 17.7 Å². The molecule has 0 fully saturated rings. The molecule has 1 aromatic heterocycles. The van der Waals surface area contributed by atoms with Gasteiger partial charge in [0.05, 0.1) is 5.69 Å². The van der Waals surface area contributed by atoms with Gasteiger partial charge in [0.1, 0.15) is 11.0 Å². The van der Waals surface area contributed by atoms with Crippen molar-refractivity contribution in [1.29, 1.82) is 0 Å². The van der Waals surface area contributed by atoms with Crippen LogP contribution >= 0.6 is 11.6 Å². The average molecular weight is 186 g/mol. The summed E-state index contributed by atoms with van der Waals surface area (Å²) in [5.74, 6) is -0.369. The van der Waals surface area contributed by atoms with Gasteiger partial charge in [-0.25, -0.2) is 9.37 Å². The van der Waals surface area contributed by atoms with E-state index in [1.54, 1.807) is 0 Å². The second-order valence-electron chi connectivity index (χ2n) is 2.36. The molecule has 12 heavy (non-hydrogen) atoms. The summed E-state index contributed by atoms with van der Waals surface area (Å²) in [6.07, 6.45) is 2.03. The van der Waals surface area contributed by atoms with Crippen LogP contribution in [0.5, 0.6) is 0 Å². The van der Waals surface area contributed by atoms with Gasteiger partial charge in [-0.15, -0.1) is 0 Å². The minimum atomic E-state index is -0.369. The third kappa shape index (κ3) is 1.64. The summed E-state index contributed by atoms with van der Waals surface area (Å²) in [7, 11) is 0. The van der Waals surface area contributed by atoms with Gasteiger partial charge < -0.3 is 0 Å². The molecule has 0 aliphatic rings. The van der Waals surface area contributed by atoms with Crippen molar-refractivity contribution in [1.82, 2.24) is 4.98 Å². The van der Waals surface area contributed by atoms with Crippen molar-refractivity contribution in [2.45, 2.75) is 13.3 Å². The third-order valence-electron chi connectivity index (χ3n) is 1.60. The fourth-order valence-corrected chi connectivity index (χ4v) is 1.19. The summed E-state index contributed by atoms with van der Waals surface area (Å²) < 4.78 is 13.0. The molecule has 0 amide bonds. The van der Waals surface area contributed by atoms with Crippen LogP contribution in [0.15, 0.2) is 12.6 Å². The average Bonchev–Trinajstić information content (AvgIpc) is 2.08. The highest BCUT2D eigenvalue weighted by Gasteiger charge is 2.05. The van der Waals surface area contributed by atoms with Crippen LogP contribution in [0.2, 0.25) is 5.15 Å². The highest BCUT2D eigenvalue weighted by molar-refractivity contribution is 6.30. The minimum absolute atomic E-state index is 0.206. The fraction of sp³-hybridized carbons (Fsp3) is 0.222. The standard InChI is InChI=1S/C9H9ClFN/c1-3-6-5-7(11)8(4-2)12-9(6)10/h4-5H,2-3H2,1H3. The van der Waals surface area contributed by atoms with Crippen LogP contribution in [0.25, 0.3) is 6.08 Å². The first-order valence-electron chi connectivity index (χ1n) is 3.66. The molecule has 0 unspecified atom stereocenters. The minimum Gasteiger partial charge on any atom is -0.233 e. The molecule has 1 aromatic rings. The van der Waals surface area contributed by atoms with Gasteiger partial charge in [-0.1, -0.05) is 25.1 Å². The third-order valence-corrected chi connectivity index (χ3v) is 1.93. The monoisotopic (exact) mass is 185 g/mol. The predicted octanol–water partition coefficient (Wildman–Crippen LogP) is 3.08. The molecule has 0 aliphatic heterocycles. The Hall–Kier alpha value is -0.890. The van der Waals surface area contributed by atoms with Crippen molar-refractivity contribution in [3.05, 3.63) is 34.9 Å². The van der Waals surface area contributed by atoms with Crippen molar-refractivity contribution in [3.63, 3.8) is 0 Å². The molecule has 0 bridgehead atoms. The van der Waals surface area contributed by atoms with E-state index in [9.17, 15) is 4.39 Å². The molecule has 1 rings (SSSR count). The van der Waals surface area contributed by atoms with Crippen LogP contribution in [0.1, 0.15) is 18.2 Å². The van der Waals surface area contributed by atoms with Crippen LogP contribution in [0.3, 0.4) is 0 Å². The number of hydrogen-bond donors (Lipinski definition) is 0. The first kappa shape index (κ1) is 9.20. The van der Waals surface area contributed by atoms with E-state index in [1.807, 2.05) is 6.92 Å². The number of aryl methyl sites for hydroxylation is 1. The van der Waals surface area contributed by atoms with Gasteiger partial charge in [-0.2, -0.15) is 0 Å². The molecule has 0 atom stereocenters. The van der Waals surface area contributed by atoms with Gasteiger partial charge in [-0.05, 0) is 24.1 Å². The molecule has 1 heterocycles. The highest BCUT2D eigenvalue weighted by Crippen LogP contribution is 2.17. The Morgan fingerprint density at radius 3 is 2.92 bits per heavy atom. The Morgan fingerprint density at radius 2 is 2.42 bits per heavy atom. The molecule has 3 heteroatoms. The van der Waals surface area contributed by atoms with Gasteiger partial charge in [-0.3, -0.25) is 0 Å². The number of hydrogen-bond acceptors (Lipinski definition) is 1. The molecule has 0 aliphatic carbocycles. The lowest BCUT2D eigenvalue weighted by atomic mass is 10.2. The van der Waals surface area contributed by atoms with E-state index in [0.717, 1.165) is 5.56 Å². The summed E-state index contributed by atoms with van der Waals surface area (Å²) >= 11 is 5.75. The number of nitrogens with zero attached hydrogens (tertiary/aromatic N) is 1. The van der Waals surface area contributed by atoms with E-state index in [4.69, 9.17) is 11.6 Å². The summed E-state index contributed by atoms with van der Waals surface area (Å²) in [5.41, 5.74) is 0.928. The van der Waals surface area contributed by atoms with Crippen LogP contribution < -0.4 is 0 Å². The molecular formula is C9H9ClFN. The van der Waals surface area contributed by atoms with E-state index in [1.165, 1.54) is 12.1 Å². The molecule has 0 saturated heterocycles. The lowest BCUT2D eigenvalue weighted by Crippen LogP contribution is -1.93. The maximum atomic E-state index is 13.0. The Labute approximate surface area is 75.9 Å². The Balaban J connectivity index is 3.25. The molecule has 0 radical (unpaired) electrons. The SMILES string of the molecule is C=Cc1nc(Cl)c(CC)cc1F. The van der Waals surface area contributed by atoms with Gasteiger partial charge >= 0.3 is 0 Å². The molecule has 0 N–H and O–H groups in total. The second kappa shape index (κ2) is 3.68. The Kier molecular flexibility index (Phi) is 2.82. The molecule has 64 valence electrons. The van der Waals surface area contributed by atoms with Crippen LogP contribution in [-0.4, -0.2) is 4.98 Å². The van der Waals surface area contributed by atoms with E-state index in [-0.39, 0.29) is 11.5 Å². The van der Waals surface area contributed by atoms with Gasteiger partial charge in [0, 0.05) is 0 Å². The zero-order valence-electron chi connectivity index (χ0n) is 6.77. The lowest BCUT2D eigenvalue weighted by Gasteiger charge is -2.02. The van der Waals surface area contributed by atoms with Gasteiger partial charge in [0.15, 0.2) is 0 Å². The smallest absolute Gasteiger partial charge is 0.149 e. The second-order valence-corrected chi connectivity index (χ2v) is 2.72. The van der Waals surface area contributed by atoms with Crippen molar-refractivity contribution in [2.75, 3.05) is 0 Å². The number of aromatic nitrogens is 1. The summed E-state index contributed by atoms with van der Waals surface area (Å²) in [6.45, 7) is 5.33. The summed E-state index contributed by atoms with van der Waals surface area (Å²) in [6, 6.07) is 1.40. The fourth-order valence-electron chi connectivity index (χ4n) is 0.909. The first-order valence-corrected chi connectivity index (χ1v) is 4.04. The molecule has 0 saturated carbocycles. The number of rotatable bonds is 2. The molecule has 0 aromatic carbocycles. The van der Waals surface area contributed by atoms with Crippen LogP contribution in [-0.2, 0) is 6.42 Å². The zero-order chi connectivity index (χ0) is 9.14. The Bertz CT molecular complexity index is 310. The quantitative estimate of drug-likeness (QED) is 0.646. The molecule has 0 spiro atoms. The summed E-state index contributed by atoms with van der Waals surface area (Å²) in [4.78, 5) is 3.83. The maximum absolute atomic E-state index is 13.0. The zero-order valence-corrected chi connectivity index (χ0v) is 7.53. The van der Waals surface area contributed by atoms with Crippen LogP contribution in [0.4, 0.5) is 4.39 Å². The Morgan fingerprint density at radius 1 is 1.75 bits per heavy atom. The van der Waals surface area contributed by atoms with Crippen molar-refractivity contribution in [3.8, 4) is 0 Å². The first-order chi connectivity index (χ1) is 5.69. The highest BCUT2D eigenvalue weighted by atomic mass is 35.5. The van der Waals surface area contributed by atoms with Crippen molar-refractivity contribution < 1.29 is 4.39 Å². The van der Waals surface area contributed by atoms with Crippen LogP contribution in [0, 0.1) is 5.82 Å². The molecular weight excluding hydrogens is 177 g/mol. The largest absolute Gasteiger partial charge is 0.233 e. The number of halogens is 2. The summed E-state index contributed by atoms with van der Waals surface area (Å²) in [5, 5.41) is 0.355. The van der Waals surface area contributed by atoms with E-state index >= 15 is 0 Å². The molecule has 1 nitrogen and oxygen atoms in total. The van der Waals surface area contributed by atoms with Gasteiger partial charge in [0.2, 0.25) is 0 Å². The van der Waals surface area contributed by atoms with E-state index in [2.05, 4.69) is 11.6 Å². The lowest BCUT2D eigenvalue weighted by molar-refractivity contribution is 0.615. The normalized spacial score (nSPS) is 9.92.